The summed E-state index contributed by atoms with van der Waals surface area (Å²) in [7, 11) is 0. The van der Waals surface area contributed by atoms with Gasteiger partial charge in [0.1, 0.15) is 4.88 Å². The molecule has 0 saturated heterocycles. The van der Waals surface area contributed by atoms with Crippen molar-refractivity contribution in [2.45, 2.75) is 13.8 Å². The van der Waals surface area contributed by atoms with Gasteiger partial charge in [0, 0.05) is 5.56 Å². The molecule has 1 aromatic carbocycles. The molecule has 0 bridgehead atoms. The molecule has 0 fully saturated rings. The third-order valence-electron chi connectivity index (χ3n) is 2.62. The van der Waals surface area contributed by atoms with Gasteiger partial charge in [-0.1, -0.05) is 23.5 Å². The van der Waals surface area contributed by atoms with Crippen molar-refractivity contribution in [3.63, 3.8) is 0 Å². The summed E-state index contributed by atoms with van der Waals surface area (Å²) < 4.78 is 0. The maximum Gasteiger partial charge on any atom is 0.348 e. The SMILES string of the molecule is Cc1ccc(-c2nc(N)sc2C(=O)O)cc1C. The van der Waals surface area contributed by atoms with Crippen LogP contribution in [-0.2, 0) is 0 Å². The van der Waals surface area contributed by atoms with E-state index in [1.807, 2.05) is 32.0 Å². The van der Waals surface area contributed by atoms with E-state index in [9.17, 15) is 4.79 Å². The molecule has 2 rings (SSSR count). The standard InChI is InChI=1S/C12H12N2O2S/c1-6-3-4-8(5-7(6)2)9-10(11(15)16)17-12(13)14-9/h3-5H,1-2H3,(H2,13,14)(H,15,16). The molecule has 1 heterocycles. The van der Waals surface area contributed by atoms with E-state index in [0.717, 1.165) is 28.0 Å². The monoisotopic (exact) mass is 248 g/mol. The molecule has 0 saturated carbocycles. The highest BCUT2D eigenvalue weighted by molar-refractivity contribution is 7.17. The molecule has 0 aliphatic heterocycles. The van der Waals surface area contributed by atoms with Gasteiger partial charge in [0.2, 0.25) is 0 Å². The van der Waals surface area contributed by atoms with Crippen LogP contribution in [0.5, 0.6) is 0 Å². The fourth-order valence-electron chi connectivity index (χ4n) is 1.57. The van der Waals surface area contributed by atoms with Gasteiger partial charge in [-0.15, -0.1) is 0 Å². The normalized spacial score (nSPS) is 10.5. The number of hydrogen-bond donors (Lipinski definition) is 2. The number of nitrogens with zero attached hydrogens (tertiary/aromatic N) is 1. The van der Waals surface area contributed by atoms with Crippen LogP contribution in [0.1, 0.15) is 20.8 Å². The minimum absolute atomic E-state index is 0.186. The van der Waals surface area contributed by atoms with Gasteiger partial charge < -0.3 is 10.8 Å². The van der Waals surface area contributed by atoms with Gasteiger partial charge in [0.15, 0.2) is 5.13 Å². The Morgan fingerprint density at radius 3 is 2.65 bits per heavy atom. The van der Waals surface area contributed by atoms with Crippen molar-refractivity contribution in [1.82, 2.24) is 4.98 Å². The molecule has 0 spiro atoms. The molecule has 0 aliphatic rings. The topological polar surface area (TPSA) is 76.2 Å². The third-order valence-corrected chi connectivity index (χ3v) is 3.49. The fraction of sp³-hybridized carbons (Fsp3) is 0.167. The first-order chi connectivity index (χ1) is 7.99. The molecule has 2 aromatic rings. The molecule has 0 aliphatic carbocycles. The summed E-state index contributed by atoms with van der Waals surface area (Å²) in [5.41, 5.74) is 9.07. The number of thiazole rings is 1. The van der Waals surface area contributed by atoms with Crippen LogP contribution in [0.25, 0.3) is 11.3 Å². The van der Waals surface area contributed by atoms with E-state index in [1.54, 1.807) is 0 Å². The number of nitrogens with two attached hydrogens (primary N) is 1. The summed E-state index contributed by atoms with van der Waals surface area (Å²) in [6, 6.07) is 5.74. The molecule has 88 valence electrons. The van der Waals surface area contributed by atoms with Gasteiger partial charge in [-0.05, 0) is 31.0 Å². The summed E-state index contributed by atoms with van der Waals surface area (Å²) in [6.45, 7) is 3.99. The van der Waals surface area contributed by atoms with E-state index in [-0.39, 0.29) is 10.0 Å². The third kappa shape index (κ3) is 2.14. The molecule has 1 aromatic heterocycles. The maximum atomic E-state index is 11.1. The quantitative estimate of drug-likeness (QED) is 0.856. The highest BCUT2D eigenvalue weighted by atomic mass is 32.1. The zero-order chi connectivity index (χ0) is 12.6. The van der Waals surface area contributed by atoms with Gasteiger partial charge in [-0.25, -0.2) is 9.78 Å². The second-order valence-corrected chi connectivity index (χ2v) is 4.86. The van der Waals surface area contributed by atoms with Crippen molar-refractivity contribution in [2.75, 3.05) is 5.73 Å². The Morgan fingerprint density at radius 1 is 1.35 bits per heavy atom. The number of hydrogen-bond acceptors (Lipinski definition) is 4. The largest absolute Gasteiger partial charge is 0.477 e. The summed E-state index contributed by atoms with van der Waals surface area (Å²) >= 11 is 0.994. The molecule has 0 radical (unpaired) electrons. The summed E-state index contributed by atoms with van der Waals surface area (Å²) in [6.07, 6.45) is 0. The predicted octanol–water partition coefficient (Wildman–Crippen LogP) is 2.71. The Hall–Kier alpha value is -1.88. The second kappa shape index (κ2) is 4.18. The first-order valence-corrected chi connectivity index (χ1v) is 5.88. The molecule has 5 heteroatoms. The van der Waals surface area contributed by atoms with Crippen LogP contribution < -0.4 is 5.73 Å². The van der Waals surface area contributed by atoms with Crippen LogP contribution >= 0.6 is 11.3 Å². The number of carboxylic acid groups (broad SMARTS) is 1. The number of benzene rings is 1. The Kier molecular flexibility index (Phi) is 2.85. The van der Waals surface area contributed by atoms with E-state index in [2.05, 4.69) is 4.98 Å². The van der Waals surface area contributed by atoms with Crippen LogP contribution in [0, 0.1) is 13.8 Å². The molecule has 3 N–H and O–H groups in total. The molecular formula is C12H12N2O2S. The van der Waals surface area contributed by atoms with Crippen LogP contribution in [-0.4, -0.2) is 16.1 Å². The molecule has 0 atom stereocenters. The summed E-state index contributed by atoms with van der Waals surface area (Å²) in [5.74, 6) is -0.993. The Bertz CT molecular complexity index is 590. The Labute approximate surface area is 103 Å². The van der Waals surface area contributed by atoms with Crippen molar-refractivity contribution >= 4 is 22.4 Å². The number of aryl methyl sites for hydroxylation is 2. The number of aromatic carboxylic acids is 1. The van der Waals surface area contributed by atoms with Gasteiger partial charge in [0.05, 0.1) is 5.69 Å². The summed E-state index contributed by atoms with van der Waals surface area (Å²) in [5, 5.41) is 9.35. The van der Waals surface area contributed by atoms with E-state index in [4.69, 9.17) is 10.8 Å². The second-order valence-electron chi connectivity index (χ2n) is 3.83. The lowest BCUT2D eigenvalue weighted by molar-refractivity contribution is 0.0702. The van der Waals surface area contributed by atoms with Gasteiger partial charge in [-0.3, -0.25) is 0 Å². The minimum Gasteiger partial charge on any atom is -0.477 e. The van der Waals surface area contributed by atoms with E-state index in [0.29, 0.717) is 5.69 Å². The van der Waals surface area contributed by atoms with Gasteiger partial charge in [-0.2, -0.15) is 0 Å². The smallest absolute Gasteiger partial charge is 0.348 e. The van der Waals surface area contributed by atoms with Crippen LogP contribution in [0.2, 0.25) is 0 Å². The van der Waals surface area contributed by atoms with Crippen LogP contribution in [0.4, 0.5) is 5.13 Å². The van der Waals surface area contributed by atoms with E-state index >= 15 is 0 Å². The zero-order valence-corrected chi connectivity index (χ0v) is 10.3. The van der Waals surface area contributed by atoms with Crippen LogP contribution in [0.3, 0.4) is 0 Å². The first-order valence-electron chi connectivity index (χ1n) is 5.06. The highest BCUT2D eigenvalue weighted by Gasteiger charge is 2.17. The summed E-state index contributed by atoms with van der Waals surface area (Å²) in [4.78, 5) is 15.3. The lowest BCUT2D eigenvalue weighted by Crippen LogP contribution is -1.96. The van der Waals surface area contributed by atoms with Crippen molar-refractivity contribution in [3.8, 4) is 11.3 Å². The lowest BCUT2D eigenvalue weighted by Gasteiger charge is -2.03. The molecular weight excluding hydrogens is 236 g/mol. The van der Waals surface area contributed by atoms with Crippen molar-refractivity contribution in [2.24, 2.45) is 0 Å². The average molecular weight is 248 g/mol. The predicted molar refractivity (Wildman–Crippen MR) is 68.4 cm³/mol. The Morgan fingerprint density at radius 2 is 2.06 bits per heavy atom. The van der Waals surface area contributed by atoms with Gasteiger partial charge in [0.25, 0.3) is 0 Å². The van der Waals surface area contributed by atoms with Crippen molar-refractivity contribution in [3.05, 3.63) is 34.2 Å². The Balaban J connectivity index is 2.59. The van der Waals surface area contributed by atoms with Crippen molar-refractivity contribution in [1.29, 1.82) is 0 Å². The minimum atomic E-state index is -0.993. The number of rotatable bonds is 2. The maximum absolute atomic E-state index is 11.1. The van der Waals surface area contributed by atoms with Crippen LogP contribution in [0.15, 0.2) is 18.2 Å². The van der Waals surface area contributed by atoms with E-state index < -0.39 is 5.97 Å². The zero-order valence-electron chi connectivity index (χ0n) is 9.52. The molecule has 0 amide bonds. The average Bonchev–Trinajstić information content (AvgIpc) is 2.64. The van der Waals surface area contributed by atoms with Crippen molar-refractivity contribution < 1.29 is 9.90 Å². The van der Waals surface area contributed by atoms with Gasteiger partial charge >= 0.3 is 5.97 Å². The number of carboxylic acids is 1. The highest BCUT2D eigenvalue weighted by Crippen LogP contribution is 2.30. The fourth-order valence-corrected chi connectivity index (χ4v) is 2.26. The van der Waals surface area contributed by atoms with E-state index in [1.165, 1.54) is 0 Å². The first kappa shape index (κ1) is 11.6. The molecule has 4 nitrogen and oxygen atoms in total. The lowest BCUT2D eigenvalue weighted by atomic mass is 10.0. The number of nitrogen functional groups attached to an aromatic ring is 1. The molecule has 17 heavy (non-hydrogen) atoms. The number of aromatic nitrogens is 1. The number of anilines is 1. The number of carbonyl (C=O) groups is 1. The molecule has 0 unspecified atom stereocenters.